The SMILES string of the molecule is O=C(O)[C@]12CCOC[C@H]1CN(Cc1noc(-c3ccccc3)n1)C2. The smallest absolute Gasteiger partial charge is 0.311 e. The molecule has 126 valence electrons. The molecule has 7 heteroatoms. The molecular formula is C17H19N3O4. The first-order valence-corrected chi connectivity index (χ1v) is 8.09. The monoisotopic (exact) mass is 329 g/mol. The normalized spacial score (nSPS) is 27.1. The molecule has 0 aliphatic carbocycles. The number of benzene rings is 1. The number of fused-ring (bicyclic) bond motifs is 1. The van der Waals surface area contributed by atoms with Gasteiger partial charge in [0.25, 0.3) is 5.89 Å². The van der Waals surface area contributed by atoms with Crippen LogP contribution in [0.3, 0.4) is 0 Å². The van der Waals surface area contributed by atoms with Gasteiger partial charge in [0.2, 0.25) is 0 Å². The van der Waals surface area contributed by atoms with Crippen molar-refractivity contribution in [1.29, 1.82) is 0 Å². The first kappa shape index (κ1) is 15.3. The zero-order chi connectivity index (χ0) is 16.6. The molecule has 2 fully saturated rings. The molecular weight excluding hydrogens is 310 g/mol. The summed E-state index contributed by atoms with van der Waals surface area (Å²) in [5.74, 6) is 0.355. The molecule has 0 bridgehead atoms. The van der Waals surface area contributed by atoms with Crippen molar-refractivity contribution in [3.8, 4) is 11.5 Å². The van der Waals surface area contributed by atoms with Gasteiger partial charge in [-0.3, -0.25) is 9.69 Å². The molecule has 0 unspecified atom stereocenters. The quantitative estimate of drug-likeness (QED) is 0.912. The Morgan fingerprint density at radius 3 is 2.96 bits per heavy atom. The van der Waals surface area contributed by atoms with Gasteiger partial charge >= 0.3 is 5.97 Å². The Labute approximate surface area is 139 Å². The topological polar surface area (TPSA) is 88.7 Å². The number of hydrogen-bond acceptors (Lipinski definition) is 6. The summed E-state index contributed by atoms with van der Waals surface area (Å²) in [5.41, 5.74) is 0.172. The molecule has 2 aliphatic rings. The molecule has 7 nitrogen and oxygen atoms in total. The lowest BCUT2D eigenvalue weighted by Crippen LogP contribution is -2.44. The Morgan fingerprint density at radius 1 is 1.38 bits per heavy atom. The molecule has 2 saturated heterocycles. The number of carboxylic acid groups (broad SMARTS) is 1. The van der Waals surface area contributed by atoms with E-state index in [-0.39, 0.29) is 5.92 Å². The van der Waals surface area contributed by atoms with Gasteiger partial charge in [0.15, 0.2) is 5.82 Å². The summed E-state index contributed by atoms with van der Waals surface area (Å²) < 4.78 is 10.8. The van der Waals surface area contributed by atoms with Gasteiger partial charge in [0.05, 0.1) is 18.6 Å². The standard InChI is InChI=1S/C17H19N3O4/c21-16(22)17-6-7-23-10-13(17)8-20(11-17)9-14-18-15(24-19-14)12-4-2-1-3-5-12/h1-5,13H,6-11H2,(H,21,22)/t13-,17+/m1/s1. The van der Waals surface area contributed by atoms with Crippen LogP contribution < -0.4 is 0 Å². The van der Waals surface area contributed by atoms with E-state index in [0.29, 0.717) is 51.0 Å². The third kappa shape index (κ3) is 2.59. The van der Waals surface area contributed by atoms with Gasteiger partial charge < -0.3 is 14.4 Å². The summed E-state index contributed by atoms with van der Waals surface area (Å²) in [6, 6.07) is 9.60. The molecule has 1 N–H and O–H groups in total. The number of rotatable bonds is 4. The minimum atomic E-state index is -0.726. The van der Waals surface area contributed by atoms with Crippen LogP contribution in [0.4, 0.5) is 0 Å². The van der Waals surface area contributed by atoms with E-state index in [1.54, 1.807) is 0 Å². The zero-order valence-electron chi connectivity index (χ0n) is 13.2. The fourth-order valence-corrected chi connectivity index (χ4v) is 3.74. The number of aliphatic carboxylic acids is 1. The highest BCUT2D eigenvalue weighted by molar-refractivity contribution is 5.76. The second-order valence-electron chi connectivity index (χ2n) is 6.53. The predicted molar refractivity (Wildman–Crippen MR) is 84.0 cm³/mol. The first-order chi connectivity index (χ1) is 11.7. The fourth-order valence-electron chi connectivity index (χ4n) is 3.74. The fraction of sp³-hybridized carbons (Fsp3) is 0.471. The van der Waals surface area contributed by atoms with Crippen LogP contribution in [-0.2, 0) is 16.1 Å². The lowest BCUT2D eigenvalue weighted by atomic mass is 9.74. The highest BCUT2D eigenvalue weighted by Crippen LogP contribution is 2.42. The van der Waals surface area contributed by atoms with Crippen molar-refractivity contribution in [3.05, 3.63) is 36.2 Å². The maximum absolute atomic E-state index is 11.8. The van der Waals surface area contributed by atoms with E-state index < -0.39 is 11.4 Å². The minimum absolute atomic E-state index is 0.0178. The highest BCUT2D eigenvalue weighted by atomic mass is 16.5. The predicted octanol–water partition coefficient (Wildman–Crippen LogP) is 1.66. The van der Waals surface area contributed by atoms with Crippen molar-refractivity contribution in [2.75, 3.05) is 26.3 Å². The molecule has 0 radical (unpaired) electrons. The van der Waals surface area contributed by atoms with Crippen molar-refractivity contribution < 1.29 is 19.2 Å². The summed E-state index contributed by atoms with van der Waals surface area (Å²) in [4.78, 5) is 18.3. The Bertz CT molecular complexity index is 732. The molecule has 0 saturated carbocycles. The summed E-state index contributed by atoms with van der Waals surface area (Å²) in [5, 5.41) is 13.7. The van der Waals surface area contributed by atoms with Gasteiger partial charge in [0, 0.05) is 31.2 Å². The largest absolute Gasteiger partial charge is 0.481 e. The molecule has 1 aromatic heterocycles. The molecule has 24 heavy (non-hydrogen) atoms. The van der Waals surface area contributed by atoms with E-state index in [2.05, 4.69) is 15.0 Å². The van der Waals surface area contributed by atoms with Gasteiger partial charge in [0.1, 0.15) is 0 Å². The maximum atomic E-state index is 11.8. The molecule has 2 aromatic rings. The maximum Gasteiger partial charge on any atom is 0.311 e. The number of ether oxygens (including phenoxy) is 1. The van der Waals surface area contributed by atoms with Gasteiger partial charge in [-0.1, -0.05) is 23.4 Å². The Balaban J connectivity index is 1.49. The molecule has 0 spiro atoms. The van der Waals surface area contributed by atoms with E-state index >= 15 is 0 Å². The molecule has 2 aliphatic heterocycles. The molecule has 4 rings (SSSR count). The van der Waals surface area contributed by atoms with Gasteiger partial charge in [-0.25, -0.2) is 0 Å². The average Bonchev–Trinajstić information content (AvgIpc) is 3.20. The van der Waals surface area contributed by atoms with E-state index in [1.165, 1.54) is 0 Å². The van der Waals surface area contributed by atoms with E-state index in [0.717, 1.165) is 5.56 Å². The Hall–Kier alpha value is -2.25. The average molecular weight is 329 g/mol. The third-order valence-electron chi connectivity index (χ3n) is 5.06. The summed E-state index contributed by atoms with van der Waals surface area (Å²) >= 11 is 0. The number of nitrogens with zero attached hydrogens (tertiary/aromatic N) is 3. The molecule has 1 aromatic carbocycles. The van der Waals surface area contributed by atoms with E-state index in [9.17, 15) is 9.90 Å². The van der Waals surface area contributed by atoms with Crippen LogP contribution >= 0.6 is 0 Å². The van der Waals surface area contributed by atoms with Gasteiger partial charge in [-0.2, -0.15) is 4.98 Å². The van der Waals surface area contributed by atoms with Crippen molar-refractivity contribution >= 4 is 5.97 Å². The molecule has 2 atom stereocenters. The lowest BCUT2D eigenvalue weighted by molar-refractivity contribution is -0.157. The summed E-state index contributed by atoms with van der Waals surface area (Å²) in [6.45, 7) is 2.69. The number of likely N-dealkylation sites (tertiary alicyclic amines) is 1. The van der Waals surface area contributed by atoms with E-state index in [1.807, 2.05) is 30.3 Å². The van der Waals surface area contributed by atoms with Crippen molar-refractivity contribution in [3.63, 3.8) is 0 Å². The van der Waals surface area contributed by atoms with Crippen molar-refractivity contribution in [2.45, 2.75) is 13.0 Å². The Kier molecular flexibility index (Phi) is 3.82. The second kappa shape index (κ2) is 5.99. The summed E-state index contributed by atoms with van der Waals surface area (Å²) in [7, 11) is 0. The minimum Gasteiger partial charge on any atom is -0.481 e. The van der Waals surface area contributed by atoms with Crippen molar-refractivity contribution in [2.24, 2.45) is 11.3 Å². The van der Waals surface area contributed by atoms with Crippen LogP contribution in [0.25, 0.3) is 11.5 Å². The third-order valence-corrected chi connectivity index (χ3v) is 5.06. The Morgan fingerprint density at radius 2 is 2.21 bits per heavy atom. The lowest BCUT2D eigenvalue weighted by Gasteiger charge is -2.34. The first-order valence-electron chi connectivity index (χ1n) is 8.09. The molecule has 3 heterocycles. The van der Waals surface area contributed by atoms with Crippen LogP contribution in [0.15, 0.2) is 34.9 Å². The van der Waals surface area contributed by atoms with Gasteiger partial charge in [-0.15, -0.1) is 0 Å². The van der Waals surface area contributed by atoms with Crippen LogP contribution in [0.5, 0.6) is 0 Å². The van der Waals surface area contributed by atoms with Crippen molar-refractivity contribution in [1.82, 2.24) is 15.0 Å². The number of carbonyl (C=O) groups is 1. The van der Waals surface area contributed by atoms with Gasteiger partial charge in [-0.05, 0) is 18.6 Å². The van der Waals surface area contributed by atoms with Crippen LogP contribution in [0.2, 0.25) is 0 Å². The number of carboxylic acids is 1. The zero-order valence-corrected chi connectivity index (χ0v) is 13.2. The number of aromatic nitrogens is 2. The number of hydrogen-bond donors (Lipinski definition) is 1. The second-order valence-corrected chi connectivity index (χ2v) is 6.53. The van der Waals surface area contributed by atoms with Crippen LogP contribution in [0, 0.1) is 11.3 Å². The van der Waals surface area contributed by atoms with Crippen LogP contribution in [-0.4, -0.2) is 52.4 Å². The molecule has 0 amide bonds. The summed E-state index contributed by atoms with van der Waals surface area (Å²) in [6.07, 6.45) is 0.561. The van der Waals surface area contributed by atoms with E-state index in [4.69, 9.17) is 9.26 Å². The highest BCUT2D eigenvalue weighted by Gasteiger charge is 2.53. The van der Waals surface area contributed by atoms with Crippen LogP contribution in [0.1, 0.15) is 12.2 Å².